The second kappa shape index (κ2) is 35.3. The highest BCUT2D eigenvalue weighted by molar-refractivity contribution is 6.10. The Labute approximate surface area is 572 Å². The quantitative estimate of drug-likeness (QED) is 0.00531. The van der Waals surface area contributed by atoms with Gasteiger partial charge < -0.3 is 65.1 Å². The van der Waals surface area contributed by atoms with Gasteiger partial charge in [0.15, 0.2) is 23.0 Å². The molecule has 2 aromatic heterocycles. The Morgan fingerprint density at radius 1 is 0.556 bits per heavy atom. The van der Waals surface area contributed by atoms with E-state index in [9.17, 15) is 53.4 Å². The summed E-state index contributed by atoms with van der Waals surface area (Å²) in [6.07, 6.45) is 0.900. The number of carbonyl (C=O) groups is 9. The van der Waals surface area contributed by atoms with Gasteiger partial charge in [0.05, 0.1) is 38.4 Å². The molecule has 0 spiro atoms. The molecule has 520 valence electrons. The van der Waals surface area contributed by atoms with Gasteiger partial charge in [0.2, 0.25) is 12.6 Å². The number of esters is 3. The van der Waals surface area contributed by atoms with Crippen LogP contribution in [0.1, 0.15) is 188 Å². The first kappa shape index (κ1) is 75.3. The van der Waals surface area contributed by atoms with Crippen molar-refractivity contribution < 1.29 is 86.5 Å². The average molecular weight is 1360 g/mol. The molecule has 0 radical (unpaired) electrons. The van der Waals surface area contributed by atoms with E-state index in [0.29, 0.717) is 69.4 Å². The van der Waals surface area contributed by atoms with Crippen LogP contribution < -0.4 is 16.4 Å². The van der Waals surface area contributed by atoms with Gasteiger partial charge >= 0.3 is 30.2 Å². The normalized spacial score (nSPS) is 12.8. The molecule has 6 aromatic rings. The maximum absolute atomic E-state index is 14.0. The number of hydrogen-bond acceptors (Lipinski definition) is 22. The Morgan fingerprint density at radius 2 is 0.949 bits per heavy atom. The molecule has 0 aliphatic heterocycles. The van der Waals surface area contributed by atoms with Crippen LogP contribution >= 0.6 is 0 Å². The van der Waals surface area contributed by atoms with Crippen molar-refractivity contribution in [1.82, 2.24) is 20.6 Å². The molecule has 0 saturated heterocycles. The van der Waals surface area contributed by atoms with Gasteiger partial charge in [-0.15, -0.1) is 0 Å². The van der Waals surface area contributed by atoms with E-state index in [0.717, 1.165) is 25.7 Å². The summed E-state index contributed by atoms with van der Waals surface area (Å²) in [5, 5.41) is 41.8. The number of ketones is 2. The highest BCUT2D eigenvalue weighted by atomic mass is 16.8. The molecule has 2 amide bonds. The Hall–Kier alpha value is -11.1. The number of aromatic nitrogens is 2. The molecule has 8 N–H and O–H groups in total. The summed E-state index contributed by atoms with van der Waals surface area (Å²) in [6.45, 7) is 18.8. The fraction of sp³-hybridized carbons (Fsp3) is 0.338. The molecule has 2 heterocycles. The molecule has 2 unspecified atom stereocenters. The van der Waals surface area contributed by atoms with Gasteiger partial charge in [0.25, 0.3) is 11.8 Å². The summed E-state index contributed by atoms with van der Waals surface area (Å²) >= 11 is 0. The van der Waals surface area contributed by atoms with Crippen molar-refractivity contribution in [3.63, 3.8) is 0 Å². The number of rotatable bonds is 31. The summed E-state index contributed by atoms with van der Waals surface area (Å²) in [7, 11) is 0. The fourth-order valence-corrected chi connectivity index (χ4v) is 9.92. The van der Waals surface area contributed by atoms with Gasteiger partial charge in [0.1, 0.15) is 17.2 Å². The van der Waals surface area contributed by atoms with E-state index in [1.54, 1.807) is 107 Å². The highest BCUT2D eigenvalue weighted by Gasteiger charge is 2.31. The molecule has 25 heteroatoms. The van der Waals surface area contributed by atoms with E-state index < -0.39 is 80.0 Å². The molecule has 2 atom stereocenters. The van der Waals surface area contributed by atoms with E-state index in [1.807, 2.05) is 0 Å². The number of aliphatic hydroxyl groups excluding tert-OH is 2. The highest BCUT2D eigenvalue weighted by Crippen LogP contribution is 2.35. The van der Waals surface area contributed by atoms with Crippen LogP contribution in [0.25, 0.3) is 34.4 Å². The van der Waals surface area contributed by atoms with Crippen molar-refractivity contribution >= 4 is 77.3 Å². The monoisotopic (exact) mass is 1360 g/mol. The number of pyridine rings is 2. The lowest BCUT2D eigenvalue weighted by Gasteiger charge is -2.18. The molecule has 8 rings (SSSR count). The van der Waals surface area contributed by atoms with Crippen molar-refractivity contribution in [2.75, 3.05) is 19.7 Å². The zero-order chi connectivity index (χ0) is 72.2. The number of hydrogen-bond donors (Lipinski definition) is 7. The van der Waals surface area contributed by atoms with E-state index >= 15 is 0 Å². The smallest absolute Gasteiger partial charge is 0.466 e. The number of amidine groups is 1. The topological polar surface area (TPSA) is 382 Å². The fourth-order valence-electron chi connectivity index (χ4n) is 9.92. The Balaban J connectivity index is 0.000000280. The average Bonchev–Trinajstić information content (AvgIpc) is 1.06. The number of nitrogens with one attached hydrogen (secondary N) is 4. The lowest BCUT2D eigenvalue weighted by atomic mass is 9.89. The summed E-state index contributed by atoms with van der Waals surface area (Å²) in [4.78, 5) is 126. The van der Waals surface area contributed by atoms with E-state index in [-0.39, 0.29) is 105 Å². The Morgan fingerprint density at radius 3 is 1.29 bits per heavy atom. The zero-order valence-corrected chi connectivity index (χ0v) is 56.2. The van der Waals surface area contributed by atoms with E-state index in [2.05, 4.69) is 33.8 Å². The molecule has 99 heavy (non-hydrogen) atoms. The van der Waals surface area contributed by atoms with Crippen LogP contribution in [0.5, 0.6) is 0 Å². The second-order valence-electron chi connectivity index (χ2n) is 23.9. The predicted octanol–water partition coefficient (Wildman–Crippen LogP) is 10.6. The SMILES string of the molecule is C=Cc1cc(C(=O)Cc2ccc(C(=N)CC(=O)OCC)cc2)c(-c2ccc(C(=O)NCC3CC3)nc2C(=O)OC(C)OC(=O)OC(C)C)cc1CO.C=Cc1cc(C(=O)Cc2ccc(C(=N)N)cc2)c(-c2ccc(C(=O)NCC3CC3)nc2C(=O)OC(C)OC(=O)OC(C)C)cc1CO. The molecule has 0 bridgehead atoms. The lowest BCUT2D eigenvalue weighted by molar-refractivity contribution is -0.141. The third-order valence-electron chi connectivity index (χ3n) is 15.3. The van der Waals surface area contributed by atoms with Crippen molar-refractivity contribution in [2.45, 2.75) is 131 Å². The van der Waals surface area contributed by atoms with Crippen LogP contribution in [0, 0.1) is 22.7 Å². The maximum Gasteiger partial charge on any atom is 0.511 e. The van der Waals surface area contributed by atoms with Gasteiger partial charge in [-0.05, 0) is 171 Å². The molecule has 25 nitrogen and oxygen atoms in total. The number of Topliss-reactive ketones (excluding diaryl/α,β-unsaturated/α-hetero) is 2. The van der Waals surface area contributed by atoms with Crippen LogP contribution in [-0.2, 0) is 64.0 Å². The van der Waals surface area contributed by atoms with Gasteiger partial charge in [-0.2, -0.15) is 0 Å². The first-order valence-electron chi connectivity index (χ1n) is 32.1. The molecule has 2 saturated carbocycles. The molecule has 2 fully saturated rings. The number of carbonyl (C=O) groups excluding carboxylic acids is 9. The number of nitrogens with two attached hydrogens (primary N) is 1. The van der Waals surface area contributed by atoms with E-state index in [4.69, 9.17) is 49.7 Å². The second-order valence-corrected chi connectivity index (χ2v) is 23.9. The minimum Gasteiger partial charge on any atom is -0.466 e. The first-order valence-corrected chi connectivity index (χ1v) is 32.1. The number of benzene rings is 4. The van der Waals surface area contributed by atoms with Crippen LogP contribution in [0.15, 0.2) is 110 Å². The predicted molar refractivity (Wildman–Crippen MR) is 365 cm³/mol. The lowest BCUT2D eigenvalue weighted by Crippen LogP contribution is -2.28. The summed E-state index contributed by atoms with van der Waals surface area (Å²) in [5.74, 6) is -3.60. The number of ether oxygens (including phenoxy) is 7. The number of nitrogen functional groups attached to an aromatic ring is 1. The maximum atomic E-state index is 14.0. The summed E-state index contributed by atoms with van der Waals surface area (Å²) in [6, 6.07) is 25.3. The van der Waals surface area contributed by atoms with Gasteiger partial charge in [-0.3, -0.25) is 29.4 Å². The van der Waals surface area contributed by atoms with Crippen LogP contribution in [0.4, 0.5) is 9.59 Å². The van der Waals surface area contributed by atoms with Crippen molar-refractivity contribution in [3.8, 4) is 22.3 Å². The standard InChI is InChI=1S/C39H43N3O10.C35H38N4O8/c1-6-26-17-31(34(44)16-24-10-12-27(13-11-24)32(40)19-35(45)49-7-2)30(18-28(26)21-43)29-14-15-33(37(46)41-20-25-8-9-25)42-36(29)38(47)51-23(5)52-39(48)50-22(3)4;1-5-23-15-28(30(41)14-21-8-10-24(11-9-21)32(36)37)27(16-25(23)18-40)26-12-13-29(33(42)38-17-22-6-7-22)39-31(26)34(43)46-20(4)47-35(44)45-19(2)3/h6,10-15,17-18,22-23,25,40,43H,1,7-9,16,19-21H2,2-5H3,(H,41,46);5,8-13,15-16,19-20,22,40H,1,6-7,14,17-18H2,2-4H3,(H3,36,37)(H,38,42). The number of aliphatic hydroxyl groups is 2. The third kappa shape index (κ3) is 21.7. The van der Waals surface area contributed by atoms with Gasteiger partial charge in [0, 0.05) is 73.3 Å². The molecular weight excluding hydrogens is 1270 g/mol. The van der Waals surface area contributed by atoms with Crippen LogP contribution in [0.3, 0.4) is 0 Å². The Bertz CT molecular complexity index is 4060. The van der Waals surface area contributed by atoms with Crippen molar-refractivity contribution in [2.24, 2.45) is 17.6 Å². The largest absolute Gasteiger partial charge is 0.511 e. The van der Waals surface area contributed by atoms with Gasteiger partial charge in [-0.25, -0.2) is 29.1 Å². The third-order valence-corrected chi connectivity index (χ3v) is 15.3. The van der Waals surface area contributed by atoms with Crippen molar-refractivity contribution in [3.05, 3.63) is 189 Å². The van der Waals surface area contributed by atoms with Crippen LogP contribution in [-0.4, -0.2) is 130 Å². The van der Waals surface area contributed by atoms with Crippen molar-refractivity contribution in [1.29, 1.82) is 10.8 Å². The minimum atomic E-state index is -1.40. The number of nitrogens with zero attached hydrogens (tertiary/aromatic N) is 2. The minimum absolute atomic E-state index is 0.0437. The number of amides is 2. The van der Waals surface area contributed by atoms with Crippen LogP contribution in [0.2, 0.25) is 0 Å². The molecule has 2 aliphatic carbocycles. The molecule has 2 aliphatic rings. The summed E-state index contributed by atoms with van der Waals surface area (Å²) < 4.78 is 35.7. The summed E-state index contributed by atoms with van der Waals surface area (Å²) in [5.41, 5.74) is 10.0. The van der Waals surface area contributed by atoms with E-state index in [1.165, 1.54) is 50.3 Å². The molecular formula is C74H81N7O18. The molecule has 4 aromatic carbocycles. The zero-order valence-electron chi connectivity index (χ0n) is 56.2. The van der Waals surface area contributed by atoms with Gasteiger partial charge in [-0.1, -0.05) is 73.8 Å². The first-order chi connectivity index (χ1) is 47.2. The Kier molecular flexibility index (Phi) is 26.8.